The van der Waals surface area contributed by atoms with Crippen LogP contribution in [0.3, 0.4) is 0 Å². The van der Waals surface area contributed by atoms with Gasteiger partial charge >= 0.3 is 6.03 Å². The van der Waals surface area contributed by atoms with Gasteiger partial charge in [0.05, 0.1) is 12.8 Å². The van der Waals surface area contributed by atoms with E-state index in [2.05, 4.69) is 26.5 Å². The van der Waals surface area contributed by atoms with Gasteiger partial charge in [-0.25, -0.2) is 10.2 Å². The summed E-state index contributed by atoms with van der Waals surface area (Å²) in [6.45, 7) is 2.66. The Kier molecular flexibility index (Phi) is 5.48. The fourth-order valence-corrected chi connectivity index (χ4v) is 1.51. The number of benzene rings is 1. The van der Waals surface area contributed by atoms with Crippen LogP contribution >= 0.6 is 15.9 Å². The Hall–Kier alpha value is -1.56. The summed E-state index contributed by atoms with van der Waals surface area (Å²) in [6, 6.07) is 4.86. The molecule has 0 spiro atoms. The average molecular weight is 300 g/mol. The van der Waals surface area contributed by atoms with Crippen molar-refractivity contribution in [1.29, 1.82) is 0 Å². The van der Waals surface area contributed by atoms with E-state index < -0.39 is 6.03 Å². The molecule has 0 atom stereocenters. The SMILES string of the molecule is CCCOc1ccc(Br)cc1C=NNC(N)=O. The first-order valence-corrected chi connectivity index (χ1v) is 5.93. The van der Waals surface area contributed by atoms with E-state index in [1.165, 1.54) is 6.21 Å². The Morgan fingerprint density at radius 2 is 2.41 bits per heavy atom. The summed E-state index contributed by atoms with van der Waals surface area (Å²) in [6.07, 6.45) is 2.41. The van der Waals surface area contributed by atoms with Crippen LogP contribution in [0.15, 0.2) is 27.8 Å². The smallest absolute Gasteiger partial charge is 0.332 e. The topological polar surface area (TPSA) is 76.7 Å². The van der Waals surface area contributed by atoms with Crippen molar-refractivity contribution in [2.75, 3.05) is 6.61 Å². The van der Waals surface area contributed by atoms with Gasteiger partial charge in [-0.3, -0.25) is 0 Å². The molecule has 17 heavy (non-hydrogen) atoms. The lowest BCUT2D eigenvalue weighted by Crippen LogP contribution is -2.24. The summed E-state index contributed by atoms with van der Waals surface area (Å²) in [4.78, 5) is 10.5. The van der Waals surface area contributed by atoms with Crippen molar-refractivity contribution >= 4 is 28.2 Å². The minimum absolute atomic E-state index is 0.631. The van der Waals surface area contributed by atoms with Crippen molar-refractivity contribution in [3.63, 3.8) is 0 Å². The highest BCUT2D eigenvalue weighted by Crippen LogP contribution is 2.21. The average Bonchev–Trinajstić information content (AvgIpc) is 2.27. The van der Waals surface area contributed by atoms with E-state index >= 15 is 0 Å². The lowest BCUT2D eigenvalue weighted by molar-refractivity contribution is 0.249. The van der Waals surface area contributed by atoms with E-state index in [9.17, 15) is 4.79 Å². The standard InChI is InChI=1S/C11H14BrN3O2/c1-2-5-17-10-4-3-9(12)6-8(10)7-14-15-11(13)16/h3-4,6-7H,2,5H2,1H3,(H3,13,15,16). The molecule has 92 valence electrons. The van der Waals surface area contributed by atoms with E-state index in [4.69, 9.17) is 10.5 Å². The number of carbonyl (C=O) groups is 1. The molecule has 0 aliphatic carbocycles. The van der Waals surface area contributed by atoms with Gasteiger partial charge in [0.2, 0.25) is 0 Å². The monoisotopic (exact) mass is 299 g/mol. The molecule has 2 amide bonds. The van der Waals surface area contributed by atoms with Gasteiger partial charge in [-0.05, 0) is 24.6 Å². The van der Waals surface area contributed by atoms with Crippen LogP contribution in [0.5, 0.6) is 5.75 Å². The first-order valence-electron chi connectivity index (χ1n) is 5.14. The molecule has 0 saturated heterocycles. The summed E-state index contributed by atoms with van der Waals surface area (Å²) in [5.74, 6) is 0.713. The van der Waals surface area contributed by atoms with Gasteiger partial charge in [-0.1, -0.05) is 22.9 Å². The molecule has 0 aliphatic heterocycles. The molecule has 1 rings (SSSR count). The quantitative estimate of drug-likeness (QED) is 0.646. The number of urea groups is 1. The third-order valence-corrected chi connectivity index (χ3v) is 2.31. The zero-order chi connectivity index (χ0) is 12.7. The van der Waals surface area contributed by atoms with E-state index in [1.807, 2.05) is 25.1 Å². The maximum absolute atomic E-state index is 10.5. The van der Waals surface area contributed by atoms with E-state index in [0.717, 1.165) is 16.5 Å². The number of halogens is 1. The third-order valence-electron chi connectivity index (χ3n) is 1.81. The van der Waals surface area contributed by atoms with Gasteiger partial charge in [0.25, 0.3) is 0 Å². The van der Waals surface area contributed by atoms with Crippen molar-refractivity contribution in [2.24, 2.45) is 10.8 Å². The molecule has 0 heterocycles. The summed E-state index contributed by atoms with van der Waals surface area (Å²) in [7, 11) is 0. The number of primary amides is 1. The van der Waals surface area contributed by atoms with Crippen molar-refractivity contribution < 1.29 is 9.53 Å². The van der Waals surface area contributed by atoms with E-state index in [1.54, 1.807) is 0 Å². The second kappa shape index (κ2) is 6.90. The summed E-state index contributed by atoms with van der Waals surface area (Å²) >= 11 is 3.36. The number of amides is 2. The fraction of sp³-hybridized carbons (Fsp3) is 0.273. The molecule has 1 aromatic rings. The zero-order valence-corrected chi connectivity index (χ0v) is 11.0. The Labute approximate surface area is 108 Å². The van der Waals surface area contributed by atoms with Crippen LogP contribution < -0.4 is 15.9 Å². The Morgan fingerprint density at radius 1 is 1.65 bits per heavy atom. The Morgan fingerprint density at radius 3 is 3.06 bits per heavy atom. The third kappa shape index (κ3) is 4.86. The van der Waals surface area contributed by atoms with Crippen LogP contribution in [0.1, 0.15) is 18.9 Å². The lowest BCUT2D eigenvalue weighted by Gasteiger charge is -2.08. The number of ether oxygens (including phenoxy) is 1. The van der Waals surface area contributed by atoms with Crippen LogP contribution in [-0.4, -0.2) is 18.9 Å². The number of nitrogens with one attached hydrogen (secondary N) is 1. The molecule has 0 aliphatic rings. The van der Waals surface area contributed by atoms with E-state index in [0.29, 0.717) is 12.4 Å². The predicted octanol–water partition coefficient (Wildman–Crippen LogP) is 2.24. The van der Waals surface area contributed by atoms with Crippen LogP contribution in [0.25, 0.3) is 0 Å². The molecule has 6 heteroatoms. The Bertz CT molecular complexity index is 421. The van der Waals surface area contributed by atoms with Gasteiger partial charge in [0.15, 0.2) is 0 Å². The maximum Gasteiger partial charge on any atom is 0.332 e. The molecule has 3 N–H and O–H groups in total. The lowest BCUT2D eigenvalue weighted by atomic mass is 10.2. The number of nitrogens with zero attached hydrogens (tertiary/aromatic N) is 1. The van der Waals surface area contributed by atoms with Gasteiger partial charge in [-0.2, -0.15) is 5.10 Å². The van der Waals surface area contributed by atoms with Gasteiger partial charge < -0.3 is 10.5 Å². The largest absolute Gasteiger partial charge is 0.493 e. The van der Waals surface area contributed by atoms with Gasteiger partial charge in [0, 0.05) is 10.0 Å². The second-order valence-corrected chi connectivity index (χ2v) is 4.18. The summed E-state index contributed by atoms with van der Waals surface area (Å²) < 4.78 is 6.45. The van der Waals surface area contributed by atoms with Crippen molar-refractivity contribution in [2.45, 2.75) is 13.3 Å². The Balaban J connectivity index is 2.82. The van der Waals surface area contributed by atoms with Crippen molar-refractivity contribution in [3.05, 3.63) is 28.2 Å². The number of carbonyl (C=O) groups excluding carboxylic acids is 1. The highest BCUT2D eigenvalue weighted by atomic mass is 79.9. The second-order valence-electron chi connectivity index (χ2n) is 3.26. The van der Waals surface area contributed by atoms with Crippen LogP contribution in [0.2, 0.25) is 0 Å². The minimum atomic E-state index is -0.702. The molecule has 0 aromatic heterocycles. The number of hydrogen-bond acceptors (Lipinski definition) is 3. The molecule has 5 nitrogen and oxygen atoms in total. The van der Waals surface area contributed by atoms with Crippen LogP contribution in [-0.2, 0) is 0 Å². The fourth-order valence-electron chi connectivity index (χ4n) is 1.13. The maximum atomic E-state index is 10.5. The molecular formula is C11H14BrN3O2. The summed E-state index contributed by atoms with van der Waals surface area (Å²) in [5.41, 5.74) is 7.80. The molecular weight excluding hydrogens is 286 g/mol. The predicted molar refractivity (Wildman–Crippen MR) is 70.2 cm³/mol. The minimum Gasteiger partial charge on any atom is -0.493 e. The number of hydrazone groups is 1. The molecule has 0 radical (unpaired) electrons. The number of nitrogens with two attached hydrogens (primary N) is 1. The zero-order valence-electron chi connectivity index (χ0n) is 9.44. The van der Waals surface area contributed by atoms with Crippen molar-refractivity contribution in [3.8, 4) is 5.75 Å². The summed E-state index contributed by atoms with van der Waals surface area (Å²) in [5, 5.41) is 3.70. The van der Waals surface area contributed by atoms with Crippen molar-refractivity contribution in [1.82, 2.24) is 5.43 Å². The highest BCUT2D eigenvalue weighted by Gasteiger charge is 2.02. The number of hydrogen-bond donors (Lipinski definition) is 2. The van der Waals surface area contributed by atoms with Crippen LogP contribution in [0, 0.1) is 0 Å². The first kappa shape index (κ1) is 13.5. The van der Waals surface area contributed by atoms with Gasteiger partial charge in [-0.15, -0.1) is 0 Å². The first-order chi connectivity index (χ1) is 8.13. The van der Waals surface area contributed by atoms with Crippen LogP contribution in [0.4, 0.5) is 4.79 Å². The molecule has 0 saturated carbocycles. The molecule has 1 aromatic carbocycles. The number of rotatable bonds is 5. The van der Waals surface area contributed by atoms with Gasteiger partial charge in [0.1, 0.15) is 5.75 Å². The molecule has 0 bridgehead atoms. The van der Waals surface area contributed by atoms with E-state index in [-0.39, 0.29) is 0 Å². The highest BCUT2D eigenvalue weighted by molar-refractivity contribution is 9.10. The molecule has 0 fully saturated rings. The molecule has 0 unspecified atom stereocenters. The normalized spacial score (nSPS) is 10.5.